The van der Waals surface area contributed by atoms with Crippen molar-refractivity contribution in [3.63, 3.8) is 0 Å². The van der Waals surface area contributed by atoms with Crippen molar-refractivity contribution in [3.05, 3.63) is 0 Å². The fourth-order valence-corrected chi connectivity index (χ4v) is 30.0. The second-order valence-electron chi connectivity index (χ2n) is 25.0. The van der Waals surface area contributed by atoms with Crippen LogP contribution in [0.4, 0.5) is 0 Å². The first-order chi connectivity index (χ1) is 38.7. The summed E-state index contributed by atoms with van der Waals surface area (Å²) in [4.78, 5) is 8.55. The van der Waals surface area contributed by atoms with E-state index in [0.717, 1.165) is 22.6 Å². The van der Waals surface area contributed by atoms with Gasteiger partial charge in [-0.3, -0.25) is 0 Å². The molecule has 0 aromatic carbocycles. The van der Waals surface area contributed by atoms with Crippen LogP contribution in [-0.2, 0) is 0 Å². The molecule has 79 heavy (non-hydrogen) atoms. The van der Waals surface area contributed by atoms with Crippen molar-refractivity contribution >= 4 is 82.8 Å². The zero-order valence-corrected chi connectivity index (χ0v) is 63.1. The van der Waals surface area contributed by atoms with Crippen molar-refractivity contribution in [2.45, 2.75) is 244 Å². The summed E-state index contributed by atoms with van der Waals surface area (Å²) in [6.07, 6.45) is 66.7. The molecule has 0 bridgehead atoms. The maximum Gasteiger partial charge on any atom is 0.00725 e. The largest absolute Gasteiger partial charge is 0.302 e. The van der Waals surface area contributed by atoms with Gasteiger partial charge in [-0.2, -0.15) is 35.3 Å². The Kier molecular flexibility index (Phi) is 55.3. The minimum absolute atomic E-state index is 0.272. The SMILES string of the molecule is CCCCP(CCCC)CCN(CCSC)CCP(CCCC)CCCC.CCP(CCN(CCSC)CCP(CC)C1CCCCC1)C1CCCCC1.CSCCN(CCP(C)C1CCCCC1)CCP(C)C1CCCCC1. The Morgan fingerprint density at radius 1 is 0.304 bits per heavy atom. The second kappa shape index (κ2) is 55.6. The van der Waals surface area contributed by atoms with Crippen LogP contribution in [-0.4, -0.2) is 220 Å². The van der Waals surface area contributed by atoms with E-state index in [0.29, 0.717) is 31.7 Å². The molecule has 0 radical (unpaired) electrons. The molecule has 4 unspecified atom stereocenters. The Labute approximate surface area is 519 Å². The van der Waals surface area contributed by atoms with Gasteiger partial charge in [0.25, 0.3) is 0 Å². The van der Waals surface area contributed by atoms with E-state index >= 15 is 0 Å². The Bertz CT molecular complexity index is 1180. The van der Waals surface area contributed by atoms with Crippen molar-refractivity contribution in [1.82, 2.24) is 14.7 Å². The zero-order valence-electron chi connectivity index (χ0n) is 55.3. The van der Waals surface area contributed by atoms with Crippen LogP contribution in [0.5, 0.6) is 0 Å². The van der Waals surface area contributed by atoms with Gasteiger partial charge in [0.15, 0.2) is 0 Å². The third-order valence-corrected chi connectivity index (χ3v) is 37.8. The standard InChI is InChI=1S/C23H47NP2S.C23H51NP2S.C21H43NP2S/c1-4-25(22-12-8-6-9-13-22)19-16-24(18-21-27-3)17-20-26(5-2)23-14-10-7-11-15-23;1-6-10-17-25(18-11-7-2)21-14-24(16-23-27-5)15-22-26(19-12-8-3)20-13-9-4;1-23(20-10-6-4-7-11-20)17-14-22(16-19-25-3)15-18-24(2)21-12-8-5-9-13-21/h22-23H,4-21H2,1-3H3;6-23H2,1-5H3;20-21H,4-19H2,1-3H3. The molecular weight excluding hydrogens is 1130 g/mol. The lowest BCUT2D eigenvalue weighted by Crippen LogP contribution is -2.33. The Hall–Kier alpha value is 3.51. The van der Waals surface area contributed by atoms with Gasteiger partial charge in [0.05, 0.1) is 0 Å². The summed E-state index contributed by atoms with van der Waals surface area (Å²) in [6, 6.07) is 0. The smallest absolute Gasteiger partial charge is 0.00725 e. The molecule has 4 atom stereocenters. The minimum Gasteiger partial charge on any atom is -0.302 e. The van der Waals surface area contributed by atoms with Crippen molar-refractivity contribution < 1.29 is 0 Å². The highest BCUT2D eigenvalue weighted by Gasteiger charge is 2.26. The van der Waals surface area contributed by atoms with Crippen LogP contribution in [0.1, 0.15) is 221 Å². The second-order valence-corrected chi connectivity index (χ2v) is 44.7. The lowest BCUT2D eigenvalue weighted by Gasteiger charge is -2.34. The molecule has 4 fully saturated rings. The molecule has 4 saturated carbocycles. The van der Waals surface area contributed by atoms with E-state index in [9.17, 15) is 0 Å². The molecule has 0 saturated heterocycles. The number of unbranched alkanes of at least 4 members (excludes halogenated alkanes) is 4. The molecule has 0 aromatic heterocycles. The molecule has 0 N–H and O–H groups in total. The molecule has 0 aromatic rings. The Morgan fingerprint density at radius 3 is 0.810 bits per heavy atom. The average molecular weight is 1270 g/mol. The Balaban J connectivity index is 0.000000405. The summed E-state index contributed by atoms with van der Waals surface area (Å²) >= 11 is 6.08. The number of rotatable bonds is 45. The third-order valence-electron chi connectivity index (χ3n) is 18.9. The van der Waals surface area contributed by atoms with Crippen LogP contribution in [0, 0.1) is 0 Å². The number of hydrogen-bond donors (Lipinski definition) is 0. The quantitative estimate of drug-likeness (QED) is 0.0558. The van der Waals surface area contributed by atoms with Gasteiger partial charge in [-0.25, -0.2) is 0 Å². The molecule has 0 heterocycles. The number of nitrogens with zero attached hydrogens (tertiary/aromatic N) is 3. The van der Waals surface area contributed by atoms with E-state index in [2.05, 4.69) is 88.3 Å². The molecule has 0 amide bonds. The van der Waals surface area contributed by atoms with Crippen LogP contribution < -0.4 is 0 Å². The van der Waals surface area contributed by atoms with Gasteiger partial charge in [0.1, 0.15) is 0 Å². The first-order valence-corrected chi connectivity index (χ1v) is 50.3. The summed E-state index contributed by atoms with van der Waals surface area (Å²) in [5, 5.41) is 0. The summed E-state index contributed by atoms with van der Waals surface area (Å²) in [6.45, 7) is 31.9. The van der Waals surface area contributed by atoms with Crippen molar-refractivity contribution in [2.24, 2.45) is 0 Å². The maximum absolute atomic E-state index is 2.87. The molecule has 0 spiro atoms. The van der Waals surface area contributed by atoms with Crippen LogP contribution in [0.2, 0.25) is 0 Å². The van der Waals surface area contributed by atoms with E-state index in [1.54, 1.807) is 25.7 Å². The first kappa shape index (κ1) is 78.6. The topological polar surface area (TPSA) is 9.72 Å². The van der Waals surface area contributed by atoms with Gasteiger partial charge in [0, 0.05) is 76.2 Å². The summed E-state index contributed by atoms with van der Waals surface area (Å²) < 4.78 is 0. The lowest BCUT2D eigenvalue weighted by molar-refractivity contribution is 0.327. The van der Waals surface area contributed by atoms with E-state index in [4.69, 9.17) is 0 Å². The fraction of sp³-hybridized carbons (Fsp3) is 1.00. The average Bonchev–Trinajstić information content (AvgIpc) is 3.50. The van der Waals surface area contributed by atoms with Gasteiger partial charge < -0.3 is 14.7 Å². The van der Waals surface area contributed by atoms with E-state index in [1.165, 1.54) is 304 Å². The van der Waals surface area contributed by atoms with Crippen LogP contribution in [0.15, 0.2) is 0 Å². The van der Waals surface area contributed by atoms with Gasteiger partial charge in [-0.15, -0.1) is 47.5 Å². The van der Waals surface area contributed by atoms with Crippen molar-refractivity contribution in [1.29, 1.82) is 0 Å². The van der Waals surface area contributed by atoms with E-state index in [1.807, 2.05) is 35.3 Å². The summed E-state index contributed by atoms with van der Waals surface area (Å²) in [5.74, 6) is 3.95. The molecular formula is C67H141N3P6S3. The van der Waals surface area contributed by atoms with Crippen LogP contribution in [0.25, 0.3) is 0 Å². The molecule has 0 aliphatic heterocycles. The van der Waals surface area contributed by atoms with Gasteiger partial charge in [-0.1, -0.05) is 144 Å². The van der Waals surface area contributed by atoms with Gasteiger partial charge >= 0.3 is 0 Å². The molecule has 4 rings (SSSR count). The molecule has 3 nitrogen and oxygen atoms in total. The zero-order chi connectivity index (χ0) is 57.4. The van der Waals surface area contributed by atoms with E-state index < -0.39 is 0 Å². The predicted octanol–water partition coefficient (Wildman–Crippen LogP) is 21.7. The lowest BCUT2D eigenvalue weighted by atomic mass is 10.0. The highest BCUT2D eigenvalue weighted by molar-refractivity contribution is 7.99. The highest BCUT2D eigenvalue weighted by Crippen LogP contribution is 2.50. The first-order valence-electron chi connectivity index (χ1n) is 34.7. The molecule has 4 aliphatic carbocycles. The molecule has 4 aliphatic rings. The number of thioether (sulfide) groups is 3. The minimum atomic E-state index is 0.272. The third kappa shape index (κ3) is 40.0. The normalized spacial score (nSPS) is 19.0. The van der Waals surface area contributed by atoms with Gasteiger partial charge in [-0.05, 0) is 206 Å². The predicted molar refractivity (Wildman–Crippen MR) is 395 cm³/mol. The van der Waals surface area contributed by atoms with Crippen molar-refractivity contribution in [2.75, 3.05) is 182 Å². The highest BCUT2D eigenvalue weighted by atomic mass is 32.2. The van der Waals surface area contributed by atoms with Crippen LogP contribution >= 0.6 is 82.8 Å². The van der Waals surface area contributed by atoms with E-state index in [-0.39, 0.29) is 15.8 Å². The maximum atomic E-state index is 2.87. The molecule has 472 valence electrons. The summed E-state index contributed by atoms with van der Waals surface area (Å²) in [5.41, 5.74) is 4.40. The Morgan fingerprint density at radius 2 is 0.557 bits per heavy atom. The number of hydrogen-bond acceptors (Lipinski definition) is 6. The van der Waals surface area contributed by atoms with Crippen molar-refractivity contribution in [3.8, 4) is 0 Å². The van der Waals surface area contributed by atoms with Crippen LogP contribution in [0.3, 0.4) is 0 Å². The molecule has 12 heteroatoms. The monoisotopic (exact) mass is 1270 g/mol. The summed E-state index contributed by atoms with van der Waals surface area (Å²) in [7, 11) is 1.71. The van der Waals surface area contributed by atoms with Gasteiger partial charge in [0.2, 0.25) is 0 Å². The fourth-order valence-electron chi connectivity index (χ4n) is 13.1.